The summed E-state index contributed by atoms with van der Waals surface area (Å²) >= 11 is 3.96. The highest BCUT2D eigenvalue weighted by molar-refractivity contribution is 7.80. The molecule has 0 aliphatic carbocycles. The molecule has 1 heterocycles. The highest BCUT2D eigenvalue weighted by atomic mass is 32.1. The van der Waals surface area contributed by atoms with Crippen LogP contribution < -0.4 is 0 Å². The van der Waals surface area contributed by atoms with Crippen LogP contribution in [-0.2, 0) is 6.54 Å². The summed E-state index contributed by atoms with van der Waals surface area (Å²) in [5.41, 5.74) is -0.0354. The topological polar surface area (TPSA) is 68.0 Å². The van der Waals surface area contributed by atoms with Gasteiger partial charge < -0.3 is 5.11 Å². The van der Waals surface area contributed by atoms with Crippen LogP contribution in [0.15, 0.2) is 6.20 Å². The molecule has 0 atom stereocenters. The Labute approximate surface area is 68.4 Å². The Bertz CT molecular complexity index is 260. The molecule has 0 fully saturated rings. The lowest BCUT2D eigenvalue weighted by molar-refractivity contribution is 0.0690. The van der Waals surface area contributed by atoms with Gasteiger partial charge in [-0.15, -0.1) is 5.10 Å². The second-order valence-electron chi connectivity index (χ2n) is 1.90. The fourth-order valence-electron chi connectivity index (χ4n) is 0.608. The SMILES string of the molecule is O=C(O)c1cn(CCS)nn1. The van der Waals surface area contributed by atoms with Gasteiger partial charge in [-0.05, 0) is 0 Å². The number of carbonyl (C=O) groups is 1. The van der Waals surface area contributed by atoms with Crippen LogP contribution in [-0.4, -0.2) is 31.8 Å². The molecule has 0 bridgehead atoms. The summed E-state index contributed by atoms with van der Waals surface area (Å²) in [6.45, 7) is 0.573. The summed E-state index contributed by atoms with van der Waals surface area (Å²) in [7, 11) is 0. The largest absolute Gasteiger partial charge is 0.476 e. The van der Waals surface area contributed by atoms with Crippen LogP contribution in [0, 0.1) is 0 Å². The Morgan fingerprint density at radius 3 is 3.00 bits per heavy atom. The predicted molar refractivity (Wildman–Crippen MR) is 40.8 cm³/mol. The minimum absolute atomic E-state index is 0.0354. The van der Waals surface area contributed by atoms with Crippen molar-refractivity contribution in [2.75, 3.05) is 5.75 Å². The number of hydrogen-bond donors (Lipinski definition) is 2. The lowest BCUT2D eigenvalue weighted by Crippen LogP contribution is -1.99. The molecule has 1 aromatic heterocycles. The molecule has 0 aromatic carbocycles. The first-order valence-electron chi connectivity index (χ1n) is 2.98. The van der Waals surface area contributed by atoms with Crippen molar-refractivity contribution in [1.82, 2.24) is 15.0 Å². The van der Waals surface area contributed by atoms with Gasteiger partial charge in [-0.3, -0.25) is 4.68 Å². The van der Waals surface area contributed by atoms with Crippen molar-refractivity contribution in [1.29, 1.82) is 0 Å². The van der Waals surface area contributed by atoms with E-state index in [9.17, 15) is 4.79 Å². The van der Waals surface area contributed by atoms with Gasteiger partial charge in [0.15, 0.2) is 5.69 Å². The normalized spacial score (nSPS) is 9.91. The molecule has 11 heavy (non-hydrogen) atoms. The van der Waals surface area contributed by atoms with Crippen LogP contribution in [0.1, 0.15) is 10.5 Å². The number of aromatic nitrogens is 3. The quantitative estimate of drug-likeness (QED) is 0.627. The zero-order valence-corrected chi connectivity index (χ0v) is 6.53. The number of aromatic carboxylic acids is 1. The second kappa shape index (κ2) is 3.38. The smallest absolute Gasteiger partial charge is 0.358 e. The third-order valence-electron chi connectivity index (χ3n) is 1.09. The van der Waals surface area contributed by atoms with E-state index in [1.807, 2.05) is 0 Å². The number of nitrogens with zero attached hydrogens (tertiary/aromatic N) is 3. The van der Waals surface area contributed by atoms with Gasteiger partial charge >= 0.3 is 5.97 Å². The second-order valence-corrected chi connectivity index (χ2v) is 2.34. The molecule has 1 rings (SSSR count). The Balaban J connectivity index is 2.73. The number of carboxylic acids is 1. The summed E-state index contributed by atoms with van der Waals surface area (Å²) < 4.78 is 1.44. The van der Waals surface area contributed by atoms with E-state index in [0.29, 0.717) is 12.3 Å². The van der Waals surface area contributed by atoms with Crippen LogP contribution in [0.3, 0.4) is 0 Å². The summed E-state index contributed by atoms with van der Waals surface area (Å²) in [6.07, 6.45) is 1.37. The molecule has 0 unspecified atom stereocenters. The van der Waals surface area contributed by atoms with Gasteiger partial charge in [-0.1, -0.05) is 5.21 Å². The van der Waals surface area contributed by atoms with E-state index >= 15 is 0 Å². The number of rotatable bonds is 3. The first-order valence-corrected chi connectivity index (χ1v) is 3.61. The maximum absolute atomic E-state index is 10.3. The van der Waals surface area contributed by atoms with Crippen LogP contribution in [0.4, 0.5) is 0 Å². The molecule has 60 valence electrons. The maximum atomic E-state index is 10.3. The average Bonchev–Trinajstić information content (AvgIpc) is 2.37. The van der Waals surface area contributed by atoms with Gasteiger partial charge in [0.25, 0.3) is 0 Å². The molecule has 0 spiro atoms. The molecule has 5 nitrogen and oxygen atoms in total. The maximum Gasteiger partial charge on any atom is 0.358 e. The van der Waals surface area contributed by atoms with Gasteiger partial charge in [0.1, 0.15) is 0 Å². The van der Waals surface area contributed by atoms with E-state index < -0.39 is 5.97 Å². The lowest BCUT2D eigenvalue weighted by atomic mass is 10.5. The zero-order chi connectivity index (χ0) is 8.27. The van der Waals surface area contributed by atoms with E-state index in [4.69, 9.17) is 5.11 Å². The molecule has 0 aliphatic rings. The van der Waals surface area contributed by atoms with Crippen LogP contribution in [0.2, 0.25) is 0 Å². The van der Waals surface area contributed by atoms with Gasteiger partial charge in [-0.2, -0.15) is 12.6 Å². The van der Waals surface area contributed by atoms with Crippen LogP contribution >= 0.6 is 12.6 Å². The third kappa shape index (κ3) is 1.94. The summed E-state index contributed by atoms with van der Waals surface area (Å²) in [5, 5.41) is 15.4. The van der Waals surface area contributed by atoms with Gasteiger partial charge in [0.05, 0.1) is 12.7 Å². The molecule has 0 saturated heterocycles. The number of carboxylic acid groups (broad SMARTS) is 1. The van der Waals surface area contributed by atoms with Crippen molar-refractivity contribution in [3.05, 3.63) is 11.9 Å². The standard InChI is InChI=1S/C5H7N3O2S/c9-5(10)4-3-8(1-2-11)7-6-4/h3,11H,1-2H2,(H,9,10). The molecular weight excluding hydrogens is 166 g/mol. The average molecular weight is 173 g/mol. The monoisotopic (exact) mass is 173 g/mol. The molecule has 6 heteroatoms. The fraction of sp³-hybridized carbons (Fsp3) is 0.400. The van der Waals surface area contributed by atoms with E-state index in [-0.39, 0.29) is 5.69 Å². The van der Waals surface area contributed by atoms with Crippen LogP contribution in [0.25, 0.3) is 0 Å². The molecule has 0 saturated carbocycles. The minimum Gasteiger partial charge on any atom is -0.476 e. The molecule has 1 aromatic rings. The van der Waals surface area contributed by atoms with Crippen molar-refractivity contribution in [3.8, 4) is 0 Å². The van der Waals surface area contributed by atoms with Crippen molar-refractivity contribution in [2.45, 2.75) is 6.54 Å². The molecule has 0 radical (unpaired) electrons. The van der Waals surface area contributed by atoms with Crippen LogP contribution in [0.5, 0.6) is 0 Å². The van der Waals surface area contributed by atoms with Gasteiger partial charge in [0, 0.05) is 5.75 Å². The van der Waals surface area contributed by atoms with E-state index in [1.54, 1.807) is 0 Å². The fourth-order valence-corrected chi connectivity index (χ4v) is 0.813. The summed E-state index contributed by atoms with van der Waals surface area (Å²) in [4.78, 5) is 10.3. The van der Waals surface area contributed by atoms with E-state index in [1.165, 1.54) is 10.9 Å². The van der Waals surface area contributed by atoms with Gasteiger partial charge in [-0.25, -0.2) is 4.79 Å². The van der Waals surface area contributed by atoms with E-state index in [0.717, 1.165) is 0 Å². The number of aryl methyl sites for hydroxylation is 1. The first-order chi connectivity index (χ1) is 5.24. The van der Waals surface area contributed by atoms with E-state index in [2.05, 4.69) is 22.9 Å². The molecule has 0 aliphatic heterocycles. The van der Waals surface area contributed by atoms with Crippen molar-refractivity contribution >= 4 is 18.6 Å². The Kier molecular flexibility index (Phi) is 2.48. The summed E-state index contributed by atoms with van der Waals surface area (Å²) in [6, 6.07) is 0. The molecule has 1 N–H and O–H groups in total. The van der Waals surface area contributed by atoms with Crippen molar-refractivity contribution < 1.29 is 9.90 Å². The Morgan fingerprint density at radius 2 is 2.55 bits per heavy atom. The number of thiol groups is 1. The highest BCUT2D eigenvalue weighted by Crippen LogP contribution is 1.92. The van der Waals surface area contributed by atoms with Crippen molar-refractivity contribution in [3.63, 3.8) is 0 Å². The third-order valence-corrected chi connectivity index (χ3v) is 1.29. The number of hydrogen-bond acceptors (Lipinski definition) is 4. The summed E-state index contributed by atoms with van der Waals surface area (Å²) in [5.74, 6) is -0.446. The Morgan fingerprint density at radius 1 is 1.82 bits per heavy atom. The Hall–Kier alpha value is -1.04. The minimum atomic E-state index is -1.06. The van der Waals surface area contributed by atoms with Gasteiger partial charge in [0.2, 0.25) is 0 Å². The van der Waals surface area contributed by atoms with Crippen molar-refractivity contribution in [2.24, 2.45) is 0 Å². The lowest BCUT2D eigenvalue weighted by Gasteiger charge is -1.90. The molecule has 0 amide bonds. The zero-order valence-electron chi connectivity index (χ0n) is 5.64. The predicted octanol–water partition coefficient (Wildman–Crippen LogP) is -0.0939. The molecular formula is C5H7N3O2S. The first kappa shape index (κ1) is 8.06. The highest BCUT2D eigenvalue weighted by Gasteiger charge is 2.06.